The van der Waals surface area contributed by atoms with E-state index in [2.05, 4.69) is 26.1 Å². The Balaban J connectivity index is 1.69. The average Bonchev–Trinajstić information content (AvgIpc) is 3.25. The molecule has 0 bridgehead atoms. The number of amides is 2. The number of nitrogens with one attached hydrogen (secondary N) is 1. The van der Waals surface area contributed by atoms with Crippen molar-refractivity contribution >= 4 is 28.8 Å². The Morgan fingerprint density at radius 2 is 1.88 bits per heavy atom. The van der Waals surface area contributed by atoms with E-state index in [0.717, 1.165) is 12.1 Å². The molecule has 2 aromatic rings. The van der Waals surface area contributed by atoms with Crippen LogP contribution in [-0.2, 0) is 10.2 Å². The fourth-order valence-corrected chi connectivity index (χ4v) is 3.78. The highest BCUT2D eigenvalue weighted by Crippen LogP contribution is 2.25. The molecule has 1 atom stereocenters. The van der Waals surface area contributed by atoms with Gasteiger partial charge in [0, 0.05) is 12.2 Å². The van der Waals surface area contributed by atoms with Gasteiger partial charge in [0.05, 0.1) is 4.88 Å². The third-order valence-electron chi connectivity index (χ3n) is 4.57. The van der Waals surface area contributed by atoms with Crippen molar-refractivity contribution < 1.29 is 9.59 Å². The SMILES string of the molecule is CC(C)(C)c1ccc(NC(=O)C2CCCN2C(=O)c2cccs2)cc1. The molecule has 1 N–H and O–H groups in total. The molecule has 0 aliphatic carbocycles. The van der Waals surface area contributed by atoms with Crippen LogP contribution in [0, 0.1) is 0 Å². The molecular weight excluding hydrogens is 332 g/mol. The number of nitrogens with zero attached hydrogens (tertiary/aromatic N) is 1. The van der Waals surface area contributed by atoms with Crippen LogP contribution >= 0.6 is 11.3 Å². The second-order valence-electron chi connectivity index (χ2n) is 7.45. The van der Waals surface area contributed by atoms with Gasteiger partial charge in [-0.1, -0.05) is 39.0 Å². The summed E-state index contributed by atoms with van der Waals surface area (Å²) in [6, 6.07) is 11.2. The second-order valence-corrected chi connectivity index (χ2v) is 8.40. The van der Waals surface area contributed by atoms with Crippen LogP contribution in [0.25, 0.3) is 0 Å². The lowest BCUT2D eigenvalue weighted by Gasteiger charge is -2.24. The van der Waals surface area contributed by atoms with Gasteiger partial charge < -0.3 is 10.2 Å². The predicted octanol–water partition coefficient (Wildman–Crippen LogP) is 4.29. The lowest BCUT2D eigenvalue weighted by Crippen LogP contribution is -2.42. The third kappa shape index (κ3) is 3.93. The minimum absolute atomic E-state index is 0.0456. The van der Waals surface area contributed by atoms with Crippen LogP contribution in [0.3, 0.4) is 0 Å². The van der Waals surface area contributed by atoms with Crippen LogP contribution in [-0.4, -0.2) is 29.3 Å². The molecular formula is C20H24N2O2S. The first kappa shape index (κ1) is 17.7. The van der Waals surface area contributed by atoms with Crippen molar-refractivity contribution in [2.24, 2.45) is 0 Å². The normalized spacial score (nSPS) is 17.6. The zero-order valence-corrected chi connectivity index (χ0v) is 15.7. The van der Waals surface area contributed by atoms with Gasteiger partial charge in [-0.15, -0.1) is 11.3 Å². The highest BCUT2D eigenvalue weighted by molar-refractivity contribution is 7.12. The maximum atomic E-state index is 12.7. The topological polar surface area (TPSA) is 49.4 Å². The molecule has 2 heterocycles. The summed E-state index contributed by atoms with van der Waals surface area (Å²) in [5, 5.41) is 4.85. The molecule has 0 radical (unpaired) electrons. The molecule has 132 valence electrons. The molecule has 2 amide bonds. The van der Waals surface area contributed by atoms with Gasteiger partial charge in [0.2, 0.25) is 5.91 Å². The van der Waals surface area contributed by atoms with Gasteiger partial charge in [0.25, 0.3) is 5.91 Å². The van der Waals surface area contributed by atoms with E-state index >= 15 is 0 Å². The molecule has 0 saturated carbocycles. The van der Waals surface area contributed by atoms with E-state index in [1.807, 2.05) is 41.8 Å². The molecule has 1 saturated heterocycles. The first-order valence-electron chi connectivity index (χ1n) is 8.62. The zero-order valence-electron chi connectivity index (χ0n) is 14.9. The van der Waals surface area contributed by atoms with Gasteiger partial charge in [-0.05, 0) is 47.4 Å². The number of likely N-dealkylation sites (tertiary alicyclic amines) is 1. The van der Waals surface area contributed by atoms with Gasteiger partial charge in [-0.25, -0.2) is 0 Å². The van der Waals surface area contributed by atoms with Gasteiger partial charge in [0.15, 0.2) is 0 Å². The van der Waals surface area contributed by atoms with Crippen molar-refractivity contribution in [1.29, 1.82) is 0 Å². The van der Waals surface area contributed by atoms with Crippen LogP contribution in [0.15, 0.2) is 41.8 Å². The van der Waals surface area contributed by atoms with E-state index in [0.29, 0.717) is 17.8 Å². The minimum atomic E-state index is -0.392. The van der Waals surface area contributed by atoms with Crippen LogP contribution in [0.4, 0.5) is 5.69 Å². The van der Waals surface area contributed by atoms with Crippen molar-refractivity contribution in [2.45, 2.75) is 45.1 Å². The summed E-state index contributed by atoms with van der Waals surface area (Å²) in [5.41, 5.74) is 2.08. The number of hydrogen-bond donors (Lipinski definition) is 1. The molecule has 0 spiro atoms. The summed E-state index contributed by atoms with van der Waals surface area (Å²) in [5.74, 6) is -0.151. The molecule has 1 fully saturated rings. The maximum absolute atomic E-state index is 12.7. The van der Waals surface area contributed by atoms with Crippen molar-refractivity contribution in [2.75, 3.05) is 11.9 Å². The molecule has 1 aromatic heterocycles. The summed E-state index contributed by atoms with van der Waals surface area (Å²) in [6.45, 7) is 7.12. The molecule has 1 aliphatic rings. The van der Waals surface area contributed by atoms with Crippen LogP contribution in [0.1, 0.15) is 48.8 Å². The average molecular weight is 356 g/mol. The van der Waals surface area contributed by atoms with Crippen molar-refractivity contribution in [3.63, 3.8) is 0 Å². The van der Waals surface area contributed by atoms with Crippen molar-refractivity contribution in [3.8, 4) is 0 Å². The fraction of sp³-hybridized carbons (Fsp3) is 0.400. The largest absolute Gasteiger partial charge is 0.326 e. The van der Waals surface area contributed by atoms with Crippen LogP contribution < -0.4 is 5.32 Å². The highest BCUT2D eigenvalue weighted by Gasteiger charge is 2.34. The van der Waals surface area contributed by atoms with E-state index in [4.69, 9.17) is 0 Å². The number of carbonyl (C=O) groups excluding carboxylic acids is 2. The number of benzene rings is 1. The van der Waals surface area contributed by atoms with E-state index in [-0.39, 0.29) is 17.2 Å². The smallest absolute Gasteiger partial charge is 0.264 e. The second kappa shape index (κ2) is 7.00. The molecule has 4 nitrogen and oxygen atoms in total. The Morgan fingerprint density at radius 3 is 2.48 bits per heavy atom. The van der Waals surface area contributed by atoms with E-state index in [9.17, 15) is 9.59 Å². The molecule has 1 aromatic carbocycles. The summed E-state index contributed by atoms with van der Waals surface area (Å²) in [7, 11) is 0. The van der Waals surface area contributed by atoms with Gasteiger partial charge in [0.1, 0.15) is 6.04 Å². The molecule has 1 unspecified atom stereocenters. The van der Waals surface area contributed by atoms with Crippen molar-refractivity contribution in [3.05, 3.63) is 52.2 Å². The molecule has 25 heavy (non-hydrogen) atoms. The van der Waals surface area contributed by atoms with Crippen molar-refractivity contribution in [1.82, 2.24) is 4.90 Å². The van der Waals surface area contributed by atoms with E-state index < -0.39 is 6.04 Å². The predicted molar refractivity (Wildman–Crippen MR) is 102 cm³/mol. The number of anilines is 1. The Bertz CT molecular complexity index is 745. The summed E-state index contributed by atoms with van der Waals surface area (Å²) in [4.78, 5) is 27.7. The third-order valence-corrected chi connectivity index (χ3v) is 5.42. The minimum Gasteiger partial charge on any atom is -0.326 e. The number of carbonyl (C=O) groups is 2. The quantitative estimate of drug-likeness (QED) is 0.892. The lowest BCUT2D eigenvalue weighted by atomic mass is 9.87. The standard InChI is InChI=1S/C20H24N2O2S/c1-20(2,3)14-8-10-15(11-9-14)21-18(23)16-6-4-12-22(16)19(24)17-7-5-13-25-17/h5,7-11,13,16H,4,6,12H2,1-3H3,(H,21,23). The number of hydrogen-bond acceptors (Lipinski definition) is 3. The van der Waals surface area contributed by atoms with E-state index in [1.165, 1.54) is 16.9 Å². The zero-order chi connectivity index (χ0) is 18.0. The van der Waals surface area contributed by atoms with Gasteiger partial charge in [-0.2, -0.15) is 0 Å². The molecule has 1 aliphatic heterocycles. The van der Waals surface area contributed by atoms with Gasteiger partial charge >= 0.3 is 0 Å². The Morgan fingerprint density at radius 1 is 1.16 bits per heavy atom. The Hall–Kier alpha value is -2.14. The Labute approximate surface area is 152 Å². The fourth-order valence-electron chi connectivity index (χ4n) is 3.10. The van der Waals surface area contributed by atoms with Gasteiger partial charge in [-0.3, -0.25) is 9.59 Å². The Kier molecular flexibility index (Phi) is 4.95. The summed E-state index contributed by atoms with van der Waals surface area (Å²) < 4.78 is 0. The highest BCUT2D eigenvalue weighted by atomic mass is 32.1. The summed E-state index contributed by atoms with van der Waals surface area (Å²) in [6.07, 6.45) is 1.57. The van der Waals surface area contributed by atoms with E-state index in [1.54, 1.807) is 4.90 Å². The first-order valence-corrected chi connectivity index (χ1v) is 9.50. The molecule has 5 heteroatoms. The lowest BCUT2D eigenvalue weighted by molar-refractivity contribution is -0.119. The van der Waals surface area contributed by atoms with Crippen LogP contribution in [0.2, 0.25) is 0 Å². The first-order chi connectivity index (χ1) is 11.9. The summed E-state index contributed by atoms with van der Waals surface area (Å²) >= 11 is 1.42. The number of rotatable bonds is 3. The monoisotopic (exact) mass is 356 g/mol. The maximum Gasteiger partial charge on any atom is 0.264 e. The number of thiophene rings is 1. The van der Waals surface area contributed by atoms with Crippen LogP contribution in [0.5, 0.6) is 0 Å². The molecule has 3 rings (SSSR count).